The lowest BCUT2D eigenvalue weighted by molar-refractivity contribution is -0.165. The minimum Gasteiger partial charge on any atom is -0.478 e. The number of hydrogen-bond donors (Lipinski definition) is 0. The predicted octanol–water partition coefficient (Wildman–Crippen LogP) is 3.19. The molecular weight excluding hydrogens is 266 g/mol. The lowest BCUT2D eigenvalue weighted by Gasteiger charge is -2.45. The number of nitrogens with zero attached hydrogens (tertiary/aromatic N) is 1. The van der Waals surface area contributed by atoms with Crippen molar-refractivity contribution in [2.45, 2.75) is 18.6 Å². The zero-order chi connectivity index (χ0) is 14.7. The number of amides is 1. The molecule has 0 aliphatic carbocycles. The lowest BCUT2D eigenvalue weighted by Crippen LogP contribution is -2.61. The molecule has 2 heterocycles. The average Bonchev–Trinajstić information content (AvgIpc) is 3.03. The summed E-state index contributed by atoms with van der Waals surface area (Å²) in [6.07, 6.45) is 3.64. The molecule has 1 aromatic heterocycles. The maximum atomic E-state index is 12.3. The average molecular weight is 283 g/mol. The Morgan fingerprint density at radius 2 is 2.05 bits per heavy atom. The quantitative estimate of drug-likeness (QED) is 0.604. The fraction of sp³-hybridized carbons (Fsp3) is 0.235. The van der Waals surface area contributed by atoms with Gasteiger partial charge in [0, 0.05) is 6.54 Å². The van der Waals surface area contributed by atoms with E-state index in [0.29, 0.717) is 12.3 Å². The Balaban J connectivity index is 1.79. The van der Waals surface area contributed by atoms with Crippen LogP contribution in [0.25, 0.3) is 0 Å². The van der Waals surface area contributed by atoms with E-state index >= 15 is 0 Å². The van der Waals surface area contributed by atoms with E-state index in [-0.39, 0.29) is 11.9 Å². The van der Waals surface area contributed by atoms with Crippen LogP contribution in [0.3, 0.4) is 0 Å². The molecule has 0 unspecified atom stereocenters. The van der Waals surface area contributed by atoms with Crippen LogP contribution < -0.4 is 4.74 Å². The predicted molar refractivity (Wildman–Crippen MR) is 78.8 cm³/mol. The number of benzene rings is 1. The van der Waals surface area contributed by atoms with E-state index in [4.69, 9.17) is 9.15 Å². The number of ether oxygens (including phenoxy) is 1. The van der Waals surface area contributed by atoms with Gasteiger partial charge in [0.15, 0.2) is 0 Å². The maximum Gasteiger partial charge on any atom is 0.267 e. The lowest BCUT2D eigenvalue weighted by atomic mass is 9.95. The molecule has 4 heteroatoms. The van der Waals surface area contributed by atoms with Crippen molar-refractivity contribution in [3.8, 4) is 5.75 Å². The molecular formula is C17H17NO3. The second-order valence-corrected chi connectivity index (χ2v) is 4.92. The van der Waals surface area contributed by atoms with Crippen LogP contribution >= 0.6 is 0 Å². The van der Waals surface area contributed by atoms with Gasteiger partial charge in [-0.15, -0.1) is 6.58 Å². The molecule has 2 atom stereocenters. The summed E-state index contributed by atoms with van der Waals surface area (Å²) in [5.74, 6) is 1.43. The Bertz CT molecular complexity index is 606. The zero-order valence-electron chi connectivity index (χ0n) is 11.6. The molecule has 2 aromatic rings. The van der Waals surface area contributed by atoms with E-state index in [1.54, 1.807) is 17.2 Å². The highest BCUT2D eigenvalue weighted by atomic mass is 16.5. The van der Waals surface area contributed by atoms with Gasteiger partial charge in [-0.05, 0) is 30.7 Å². The van der Waals surface area contributed by atoms with Crippen LogP contribution in [-0.2, 0) is 4.79 Å². The van der Waals surface area contributed by atoms with Gasteiger partial charge in [0.25, 0.3) is 5.91 Å². The summed E-state index contributed by atoms with van der Waals surface area (Å²) < 4.78 is 11.3. The number of hydrogen-bond acceptors (Lipinski definition) is 3. The summed E-state index contributed by atoms with van der Waals surface area (Å²) in [4.78, 5) is 14.1. The topological polar surface area (TPSA) is 42.7 Å². The van der Waals surface area contributed by atoms with Crippen molar-refractivity contribution in [2.24, 2.45) is 0 Å². The highest BCUT2D eigenvalue weighted by molar-refractivity contribution is 5.89. The molecule has 1 fully saturated rings. The van der Waals surface area contributed by atoms with Gasteiger partial charge in [-0.3, -0.25) is 4.79 Å². The van der Waals surface area contributed by atoms with E-state index < -0.39 is 6.10 Å². The van der Waals surface area contributed by atoms with Crippen molar-refractivity contribution in [2.75, 3.05) is 6.54 Å². The van der Waals surface area contributed by atoms with E-state index in [2.05, 4.69) is 6.58 Å². The molecule has 21 heavy (non-hydrogen) atoms. The standard InChI is InChI=1S/C17H17NO3/c1-2-3-11-18-15(14-10-7-12-20-14)16(17(18)19)21-13-8-5-4-6-9-13/h2,4-10,12,15-16H,1,3,11H2/t15-,16-/m1/s1. The molecule has 3 rings (SSSR count). The van der Waals surface area contributed by atoms with Crippen molar-refractivity contribution in [3.63, 3.8) is 0 Å². The number of likely N-dealkylation sites (tertiary alicyclic amines) is 1. The first-order valence-electron chi connectivity index (χ1n) is 6.98. The fourth-order valence-corrected chi connectivity index (χ4v) is 2.52. The maximum absolute atomic E-state index is 12.3. The van der Waals surface area contributed by atoms with Crippen LogP contribution in [0.15, 0.2) is 65.8 Å². The van der Waals surface area contributed by atoms with Crippen molar-refractivity contribution in [1.82, 2.24) is 4.90 Å². The van der Waals surface area contributed by atoms with Gasteiger partial charge in [0.2, 0.25) is 6.10 Å². The van der Waals surface area contributed by atoms with Crippen LogP contribution in [0.1, 0.15) is 18.2 Å². The Labute approximate surface area is 123 Å². The minimum absolute atomic E-state index is 0.0119. The first-order chi connectivity index (χ1) is 10.3. The van der Waals surface area contributed by atoms with E-state index in [9.17, 15) is 4.79 Å². The summed E-state index contributed by atoms with van der Waals surface area (Å²) in [7, 11) is 0. The van der Waals surface area contributed by atoms with Crippen molar-refractivity contribution < 1.29 is 13.9 Å². The highest BCUT2D eigenvalue weighted by Gasteiger charge is 2.51. The van der Waals surface area contributed by atoms with Crippen LogP contribution in [0.2, 0.25) is 0 Å². The molecule has 4 nitrogen and oxygen atoms in total. The third-order valence-corrected chi connectivity index (χ3v) is 3.56. The van der Waals surface area contributed by atoms with Crippen LogP contribution in [0, 0.1) is 0 Å². The van der Waals surface area contributed by atoms with Crippen molar-refractivity contribution in [1.29, 1.82) is 0 Å². The Kier molecular flexibility index (Phi) is 3.77. The van der Waals surface area contributed by atoms with E-state index in [1.807, 2.05) is 42.5 Å². The van der Waals surface area contributed by atoms with Gasteiger partial charge in [0.1, 0.15) is 17.6 Å². The minimum atomic E-state index is -0.525. The number of carbonyl (C=O) groups is 1. The van der Waals surface area contributed by atoms with Gasteiger partial charge < -0.3 is 14.1 Å². The van der Waals surface area contributed by atoms with Gasteiger partial charge in [-0.1, -0.05) is 24.3 Å². The summed E-state index contributed by atoms with van der Waals surface area (Å²) in [6.45, 7) is 4.33. The Morgan fingerprint density at radius 3 is 2.71 bits per heavy atom. The first-order valence-corrected chi connectivity index (χ1v) is 6.98. The van der Waals surface area contributed by atoms with Gasteiger partial charge >= 0.3 is 0 Å². The van der Waals surface area contributed by atoms with Crippen molar-refractivity contribution in [3.05, 3.63) is 67.1 Å². The summed E-state index contributed by atoms with van der Waals surface area (Å²) in [5.41, 5.74) is 0. The zero-order valence-corrected chi connectivity index (χ0v) is 11.6. The number of para-hydroxylation sites is 1. The smallest absolute Gasteiger partial charge is 0.267 e. The third kappa shape index (κ3) is 2.57. The Morgan fingerprint density at radius 1 is 1.24 bits per heavy atom. The molecule has 0 spiro atoms. The number of furan rings is 1. The SMILES string of the molecule is C=CCCN1C(=O)[C@H](Oc2ccccc2)[C@H]1c1ccco1. The summed E-state index contributed by atoms with van der Waals surface area (Å²) in [6, 6.07) is 12.9. The molecule has 1 aliphatic heterocycles. The monoisotopic (exact) mass is 283 g/mol. The van der Waals surface area contributed by atoms with Gasteiger partial charge in [-0.25, -0.2) is 0 Å². The summed E-state index contributed by atoms with van der Waals surface area (Å²) in [5, 5.41) is 0. The van der Waals surface area contributed by atoms with E-state index in [1.165, 1.54) is 0 Å². The first kappa shape index (κ1) is 13.5. The highest BCUT2D eigenvalue weighted by Crippen LogP contribution is 2.37. The van der Waals surface area contributed by atoms with Crippen LogP contribution in [0.5, 0.6) is 5.75 Å². The largest absolute Gasteiger partial charge is 0.478 e. The van der Waals surface area contributed by atoms with Crippen molar-refractivity contribution >= 4 is 5.91 Å². The van der Waals surface area contributed by atoms with E-state index in [0.717, 1.165) is 12.2 Å². The number of β-lactam (4-membered cyclic amide) rings is 1. The molecule has 1 aliphatic rings. The van der Waals surface area contributed by atoms with Crippen LogP contribution in [0.4, 0.5) is 0 Å². The second kappa shape index (κ2) is 5.87. The fourth-order valence-electron chi connectivity index (χ4n) is 2.52. The molecule has 0 radical (unpaired) electrons. The molecule has 1 saturated heterocycles. The van der Waals surface area contributed by atoms with Gasteiger partial charge in [0.05, 0.1) is 6.26 Å². The second-order valence-electron chi connectivity index (χ2n) is 4.92. The molecule has 0 N–H and O–H groups in total. The van der Waals surface area contributed by atoms with Gasteiger partial charge in [-0.2, -0.15) is 0 Å². The molecule has 0 saturated carbocycles. The Hall–Kier alpha value is -2.49. The molecule has 1 amide bonds. The molecule has 1 aromatic carbocycles. The molecule has 0 bridgehead atoms. The molecule has 108 valence electrons. The number of carbonyl (C=O) groups excluding carboxylic acids is 1. The number of rotatable bonds is 6. The summed E-state index contributed by atoms with van der Waals surface area (Å²) >= 11 is 0. The van der Waals surface area contributed by atoms with Crippen LogP contribution in [-0.4, -0.2) is 23.5 Å². The normalized spacial score (nSPS) is 21.0. The third-order valence-electron chi connectivity index (χ3n) is 3.56.